The molecule has 0 saturated heterocycles. The van der Waals surface area contributed by atoms with E-state index >= 15 is 0 Å². The van der Waals surface area contributed by atoms with E-state index in [-0.39, 0.29) is 11.7 Å². The molecule has 0 bridgehead atoms. The summed E-state index contributed by atoms with van der Waals surface area (Å²) in [6.45, 7) is 2.40. The van der Waals surface area contributed by atoms with Crippen LogP contribution < -0.4 is 16.4 Å². The van der Waals surface area contributed by atoms with Gasteiger partial charge in [-0.25, -0.2) is 4.98 Å². The number of carbonyl (C=O) groups excluding carboxylic acids is 1. The number of benzene rings is 3. The van der Waals surface area contributed by atoms with E-state index in [1.54, 1.807) is 0 Å². The molecule has 0 unspecified atom stereocenters. The summed E-state index contributed by atoms with van der Waals surface area (Å²) in [4.78, 5) is 18.1. The van der Waals surface area contributed by atoms with Crippen molar-refractivity contribution in [1.29, 1.82) is 5.26 Å². The molecule has 3 aromatic carbocycles. The molecule has 0 spiro atoms. The van der Waals surface area contributed by atoms with Crippen LogP contribution in [0.1, 0.15) is 27.0 Å². The first-order valence-electron chi connectivity index (χ1n) is 11.4. The lowest BCUT2D eigenvalue weighted by Gasteiger charge is -2.10. The zero-order valence-electron chi connectivity index (χ0n) is 19.6. The lowest BCUT2D eigenvalue weighted by Crippen LogP contribution is -2.23. The fraction of sp³-hybridized carbons (Fsp3) is 0.0690. The van der Waals surface area contributed by atoms with Crippen LogP contribution in [0.15, 0.2) is 84.9 Å². The number of anilines is 3. The van der Waals surface area contributed by atoms with Crippen LogP contribution in [0.3, 0.4) is 0 Å². The van der Waals surface area contributed by atoms with Crippen molar-refractivity contribution in [1.82, 2.24) is 10.3 Å². The van der Waals surface area contributed by atoms with Crippen LogP contribution in [-0.4, -0.2) is 10.9 Å². The highest BCUT2D eigenvalue weighted by molar-refractivity contribution is 7.24. The van der Waals surface area contributed by atoms with Gasteiger partial charge in [0.15, 0.2) is 0 Å². The summed E-state index contributed by atoms with van der Waals surface area (Å²) in [7, 11) is 0. The molecule has 0 saturated carbocycles. The molecule has 6 nitrogen and oxygen atoms in total. The van der Waals surface area contributed by atoms with Gasteiger partial charge in [0.25, 0.3) is 5.91 Å². The minimum atomic E-state index is -0.268. The van der Waals surface area contributed by atoms with Crippen LogP contribution in [0, 0.1) is 18.3 Å². The van der Waals surface area contributed by atoms with E-state index in [0.717, 1.165) is 27.1 Å². The third-order valence-electron chi connectivity index (χ3n) is 5.86. The molecule has 0 atom stereocenters. The molecule has 5 aromatic rings. The van der Waals surface area contributed by atoms with Crippen molar-refractivity contribution in [3.63, 3.8) is 0 Å². The number of nitrogens with zero attached hydrogens (tertiary/aromatic N) is 2. The Balaban J connectivity index is 1.68. The first-order valence-corrected chi connectivity index (χ1v) is 12.2. The minimum absolute atomic E-state index is 0.0978. The molecule has 2 aromatic heterocycles. The monoisotopic (exact) mass is 489 g/mol. The van der Waals surface area contributed by atoms with Crippen molar-refractivity contribution >= 4 is 44.0 Å². The second kappa shape index (κ2) is 9.90. The molecule has 0 aliphatic carbocycles. The summed E-state index contributed by atoms with van der Waals surface area (Å²) in [5.41, 5.74) is 11.9. The Kier molecular flexibility index (Phi) is 6.35. The number of carbonyl (C=O) groups is 1. The number of amides is 1. The Morgan fingerprint density at radius 2 is 1.67 bits per heavy atom. The Labute approximate surface area is 213 Å². The van der Waals surface area contributed by atoms with Crippen LogP contribution in [0.2, 0.25) is 0 Å². The number of hydrogen-bond acceptors (Lipinski definition) is 6. The summed E-state index contributed by atoms with van der Waals surface area (Å²) in [5, 5.41) is 17.0. The van der Waals surface area contributed by atoms with Crippen molar-refractivity contribution in [2.75, 3.05) is 11.1 Å². The van der Waals surface area contributed by atoms with Gasteiger partial charge in [0.1, 0.15) is 28.0 Å². The van der Waals surface area contributed by atoms with Gasteiger partial charge in [-0.3, -0.25) is 4.79 Å². The Morgan fingerprint density at radius 3 is 2.33 bits per heavy atom. The van der Waals surface area contributed by atoms with Crippen molar-refractivity contribution < 1.29 is 4.79 Å². The number of nitrogens with one attached hydrogen (secondary N) is 2. The molecule has 0 fully saturated rings. The van der Waals surface area contributed by atoms with E-state index in [2.05, 4.69) is 21.7 Å². The normalized spacial score (nSPS) is 10.7. The first kappa shape index (κ1) is 23.1. The minimum Gasteiger partial charge on any atom is -0.383 e. The second-order valence-corrected chi connectivity index (χ2v) is 9.39. The number of thiophene rings is 1. The number of fused-ring (bicyclic) bond motifs is 1. The van der Waals surface area contributed by atoms with Crippen molar-refractivity contribution in [3.8, 4) is 17.2 Å². The molecule has 4 N–H and O–H groups in total. The molecule has 36 heavy (non-hydrogen) atoms. The predicted molar refractivity (Wildman–Crippen MR) is 146 cm³/mol. The van der Waals surface area contributed by atoms with Gasteiger partial charge in [0, 0.05) is 17.8 Å². The van der Waals surface area contributed by atoms with E-state index in [4.69, 9.17) is 5.73 Å². The number of nitrogens with two attached hydrogens (primary N) is 1. The number of aryl methyl sites for hydroxylation is 1. The van der Waals surface area contributed by atoms with Gasteiger partial charge in [-0.1, -0.05) is 78.4 Å². The van der Waals surface area contributed by atoms with Gasteiger partial charge in [0.05, 0.1) is 10.2 Å². The van der Waals surface area contributed by atoms with Crippen LogP contribution >= 0.6 is 11.3 Å². The maximum atomic E-state index is 13.6. The highest BCUT2D eigenvalue weighted by atomic mass is 32.1. The third kappa shape index (κ3) is 4.50. The number of hydrogen-bond donors (Lipinski definition) is 3. The fourth-order valence-electron chi connectivity index (χ4n) is 4.04. The van der Waals surface area contributed by atoms with Gasteiger partial charge in [-0.05, 0) is 30.2 Å². The van der Waals surface area contributed by atoms with Crippen LogP contribution in [0.5, 0.6) is 0 Å². The van der Waals surface area contributed by atoms with E-state index in [9.17, 15) is 10.1 Å². The van der Waals surface area contributed by atoms with E-state index in [1.165, 1.54) is 11.3 Å². The Bertz CT molecular complexity index is 1590. The van der Waals surface area contributed by atoms with Gasteiger partial charge >= 0.3 is 0 Å². The van der Waals surface area contributed by atoms with Gasteiger partial charge in [-0.15, -0.1) is 11.3 Å². The number of nitrogen functional groups attached to an aromatic ring is 1. The zero-order chi connectivity index (χ0) is 25.1. The molecule has 0 aliphatic heterocycles. The largest absolute Gasteiger partial charge is 0.383 e. The first-order chi connectivity index (χ1) is 17.5. The molecule has 1 amide bonds. The van der Waals surface area contributed by atoms with Crippen molar-refractivity contribution in [2.24, 2.45) is 0 Å². The molecule has 0 radical (unpaired) electrons. The zero-order valence-corrected chi connectivity index (χ0v) is 20.4. The molecule has 7 heteroatoms. The number of aromatic nitrogens is 1. The van der Waals surface area contributed by atoms with Gasteiger partial charge < -0.3 is 16.4 Å². The fourth-order valence-corrected chi connectivity index (χ4v) is 5.27. The van der Waals surface area contributed by atoms with Crippen LogP contribution in [-0.2, 0) is 6.54 Å². The average Bonchev–Trinajstić information content (AvgIpc) is 3.26. The van der Waals surface area contributed by atoms with E-state index in [0.29, 0.717) is 33.8 Å². The highest BCUT2D eigenvalue weighted by Gasteiger charge is 2.26. The Morgan fingerprint density at radius 1 is 1.00 bits per heavy atom. The summed E-state index contributed by atoms with van der Waals surface area (Å²) in [6.07, 6.45) is 0. The number of pyridine rings is 1. The standard InChI is InChI=1S/C29H23N5OS/c1-18-12-14-21(15-13-18)33-29-24(28(35)32-17-19-8-4-2-5-9-19)25-26(36-29)23(20-10-6-3-7-11-20)22(16-30)27(31)34-25/h2-15,33H,17H2,1H3,(H2,31,34)(H,32,35). The van der Waals surface area contributed by atoms with Gasteiger partial charge in [0.2, 0.25) is 0 Å². The Hall–Kier alpha value is -4.67. The van der Waals surface area contributed by atoms with Crippen LogP contribution in [0.25, 0.3) is 21.3 Å². The number of rotatable bonds is 6. The highest BCUT2D eigenvalue weighted by Crippen LogP contribution is 2.44. The molecule has 0 aliphatic rings. The number of nitriles is 1. The molecular formula is C29H23N5OS. The maximum Gasteiger partial charge on any atom is 0.256 e. The SMILES string of the molecule is Cc1ccc(Nc2sc3c(-c4ccccc4)c(C#N)c(N)nc3c2C(=O)NCc2ccccc2)cc1. The van der Waals surface area contributed by atoms with Gasteiger partial charge in [-0.2, -0.15) is 5.26 Å². The smallest absolute Gasteiger partial charge is 0.256 e. The topological polar surface area (TPSA) is 104 Å². The summed E-state index contributed by atoms with van der Waals surface area (Å²) in [6, 6.07) is 29.5. The molecular weight excluding hydrogens is 466 g/mol. The third-order valence-corrected chi connectivity index (χ3v) is 6.97. The molecule has 2 heterocycles. The van der Waals surface area contributed by atoms with E-state index in [1.807, 2.05) is 91.9 Å². The predicted octanol–water partition coefficient (Wildman–Crippen LogP) is 6.40. The van der Waals surface area contributed by atoms with Crippen molar-refractivity contribution in [2.45, 2.75) is 13.5 Å². The summed E-state index contributed by atoms with van der Waals surface area (Å²) >= 11 is 1.39. The quantitative estimate of drug-likeness (QED) is 0.256. The lowest BCUT2D eigenvalue weighted by molar-refractivity contribution is 0.0953. The maximum absolute atomic E-state index is 13.6. The molecule has 5 rings (SSSR count). The average molecular weight is 490 g/mol. The lowest BCUT2D eigenvalue weighted by atomic mass is 10.00. The summed E-state index contributed by atoms with van der Waals surface area (Å²) < 4.78 is 0.728. The molecule has 176 valence electrons. The summed E-state index contributed by atoms with van der Waals surface area (Å²) in [5.74, 6) is -0.170. The second-order valence-electron chi connectivity index (χ2n) is 8.37. The van der Waals surface area contributed by atoms with Crippen LogP contribution in [0.4, 0.5) is 16.5 Å². The van der Waals surface area contributed by atoms with E-state index < -0.39 is 0 Å². The van der Waals surface area contributed by atoms with Crippen molar-refractivity contribution in [3.05, 3.63) is 107 Å².